The van der Waals surface area contributed by atoms with Crippen molar-refractivity contribution >= 4 is 33.2 Å². The Hall–Kier alpha value is -1.60. The molecule has 0 heterocycles. The maximum absolute atomic E-state index is 10.9. The molecule has 0 N–H and O–H groups in total. The van der Waals surface area contributed by atoms with Crippen molar-refractivity contribution in [2.24, 2.45) is 0 Å². The van der Waals surface area contributed by atoms with Gasteiger partial charge in [-0.2, -0.15) is 0 Å². The van der Waals surface area contributed by atoms with Crippen molar-refractivity contribution in [3.63, 3.8) is 0 Å². The monoisotopic (exact) mass is 216 g/mol. The highest BCUT2D eigenvalue weighted by Crippen LogP contribution is 2.21. The number of hydrogen-bond acceptors (Lipinski definition) is 1. The van der Waals surface area contributed by atoms with E-state index in [1.54, 1.807) is 0 Å². The fourth-order valence-electron chi connectivity index (χ4n) is 1.49. The van der Waals surface area contributed by atoms with Crippen molar-refractivity contribution in [1.82, 2.24) is 0 Å². The van der Waals surface area contributed by atoms with Crippen LogP contribution in [0.5, 0.6) is 0 Å². The summed E-state index contributed by atoms with van der Waals surface area (Å²) >= 11 is 5.38. The van der Waals surface area contributed by atoms with Gasteiger partial charge in [0.25, 0.3) is 5.24 Å². The van der Waals surface area contributed by atoms with Gasteiger partial charge in [-0.3, -0.25) is 4.79 Å². The Labute approximate surface area is 93.0 Å². The summed E-state index contributed by atoms with van der Waals surface area (Å²) in [7, 11) is 0. The lowest BCUT2D eigenvalue weighted by molar-refractivity contribution is -0.106. The molecule has 0 radical (unpaired) electrons. The minimum Gasteiger partial charge on any atom is -0.276 e. The molecule has 2 heteroatoms. The van der Waals surface area contributed by atoms with Gasteiger partial charge in [0.2, 0.25) is 0 Å². The van der Waals surface area contributed by atoms with Crippen LogP contribution >= 0.6 is 11.6 Å². The molecule has 0 saturated heterocycles. The molecule has 0 aromatic heterocycles. The smallest absolute Gasteiger partial charge is 0.252 e. The molecule has 2 aromatic rings. The van der Waals surface area contributed by atoms with Gasteiger partial charge in [-0.15, -0.1) is 0 Å². The van der Waals surface area contributed by atoms with Gasteiger partial charge in [-0.25, -0.2) is 0 Å². The van der Waals surface area contributed by atoms with Crippen LogP contribution in [0.4, 0.5) is 0 Å². The van der Waals surface area contributed by atoms with Crippen LogP contribution in [-0.2, 0) is 4.79 Å². The lowest BCUT2D eigenvalue weighted by atomic mass is 10.0. The molecule has 15 heavy (non-hydrogen) atoms. The van der Waals surface area contributed by atoms with E-state index in [-0.39, 0.29) is 0 Å². The van der Waals surface area contributed by atoms with Crippen LogP contribution in [0, 0.1) is 0 Å². The van der Waals surface area contributed by atoms with Gasteiger partial charge in [-0.1, -0.05) is 43.0 Å². The largest absolute Gasteiger partial charge is 0.276 e. The van der Waals surface area contributed by atoms with Gasteiger partial charge in [0.1, 0.15) is 0 Å². The zero-order valence-corrected chi connectivity index (χ0v) is 8.79. The number of carbonyl (C=O) groups excluding carboxylic acids is 1. The third-order valence-corrected chi connectivity index (χ3v) is 2.56. The maximum atomic E-state index is 10.9. The van der Waals surface area contributed by atoms with Crippen molar-refractivity contribution in [3.05, 3.63) is 54.6 Å². The molecule has 1 nitrogen and oxygen atoms in total. The van der Waals surface area contributed by atoms with Crippen LogP contribution in [0.2, 0.25) is 0 Å². The first-order valence-corrected chi connectivity index (χ1v) is 4.94. The number of rotatable bonds is 2. The third kappa shape index (κ3) is 1.92. The Morgan fingerprint density at radius 1 is 1.07 bits per heavy atom. The Morgan fingerprint density at radius 3 is 2.40 bits per heavy atom. The molecule has 0 saturated carbocycles. The van der Waals surface area contributed by atoms with Gasteiger partial charge >= 0.3 is 0 Å². The predicted octanol–water partition coefficient (Wildman–Crippen LogP) is 3.62. The first-order chi connectivity index (χ1) is 7.18. The highest BCUT2D eigenvalue weighted by molar-refractivity contribution is 6.74. The summed E-state index contributed by atoms with van der Waals surface area (Å²) in [5, 5.41) is 1.70. The summed E-state index contributed by atoms with van der Waals surface area (Å²) in [4.78, 5) is 10.9. The van der Waals surface area contributed by atoms with Crippen molar-refractivity contribution < 1.29 is 4.79 Å². The van der Waals surface area contributed by atoms with E-state index in [0.717, 1.165) is 16.3 Å². The van der Waals surface area contributed by atoms with E-state index in [9.17, 15) is 4.79 Å². The molecule has 0 amide bonds. The number of benzene rings is 2. The topological polar surface area (TPSA) is 17.1 Å². The molecule has 0 fully saturated rings. The Kier molecular flexibility index (Phi) is 2.57. The Balaban J connectivity index is 2.56. The first-order valence-electron chi connectivity index (χ1n) is 4.56. The van der Waals surface area contributed by atoms with Crippen molar-refractivity contribution in [2.75, 3.05) is 0 Å². The summed E-state index contributed by atoms with van der Waals surface area (Å²) in [6.45, 7) is 3.65. The minimum atomic E-state index is -0.509. The molecule has 0 aliphatic rings. The molecule has 0 aliphatic carbocycles. The normalized spacial score (nSPS) is 10.2. The molecule has 0 unspecified atom stereocenters. The van der Waals surface area contributed by atoms with Crippen LogP contribution in [-0.4, -0.2) is 5.24 Å². The summed E-state index contributed by atoms with van der Waals surface area (Å²) in [5.41, 5.74) is 1.11. The number of carbonyl (C=O) groups is 1. The third-order valence-electron chi connectivity index (χ3n) is 2.34. The summed E-state index contributed by atoms with van der Waals surface area (Å²) in [6.07, 6.45) is 0. The highest BCUT2D eigenvalue weighted by Gasteiger charge is 2.06. The molecular weight excluding hydrogens is 208 g/mol. The van der Waals surface area contributed by atoms with Crippen LogP contribution in [0.3, 0.4) is 0 Å². The van der Waals surface area contributed by atoms with E-state index >= 15 is 0 Å². The lowest BCUT2D eigenvalue weighted by Gasteiger charge is -2.02. The second-order valence-corrected chi connectivity index (χ2v) is 3.66. The summed E-state index contributed by atoms with van der Waals surface area (Å²) < 4.78 is 0. The fourth-order valence-corrected chi connectivity index (χ4v) is 1.60. The molecule has 2 aromatic carbocycles. The van der Waals surface area contributed by atoms with E-state index in [1.165, 1.54) is 0 Å². The second-order valence-electron chi connectivity index (χ2n) is 3.31. The van der Waals surface area contributed by atoms with E-state index in [0.29, 0.717) is 5.57 Å². The Bertz CT molecular complexity index is 543. The quantitative estimate of drug-likeness (QED) is 0.554. The van der Waals surface area contributed by atoms with Crippen molar-refractivity contribution in [2.45, 2.75) is 0 Å². The predicted molar refractivity (Wildman–Crippen MR) is 63.8 cm³/mol. The number of halogens is 1. The molecule has 0 aliphatic heterocycles. The molecule has 0 spiro atoms. The maximum Gasteiger partial charge on any atom is 0.252 e. The summed E-state index contributed by atoms with van der Waals surface area (Å²) in [6, 6.07) is 13.7. The average molecular weight is 217 g/mol. The van der Waals surface area contributed by atoms with E-state index in [1.807, 2.05) is 42.5 Å². The van der Waals surface area contributed by atoms with Gasteiger partial charge < -0.3 is 0 Å². The van der Waals surface area contributed by atoms with Crippen LogP contribution in [0.25, 0.3) is 16.3 Å². The van der Waals surface area contributed by atoms with Gasteiger partial charge in [0.05, 0.1) is 0 Å². The van der Waals surface area contributed by atoms with Gasteiger partial charge in [0, 0.05) is 5.57 Å². The lowest BCUT2D eigenvalue weighted by Crippen LogP contribution is -1.90. The highest BCUT2D eigenvalue weighted by atomic mass is 35.5. The first kappa shape index (κ1) is 9.94. The van der Waals surface area contributed by atoms with E-state index < -0.39 is 5.24 Å². The molecule has 74 valence electrons. The molecule has 2 rings (SSSR count). The number of hydrogen-bond donors (Lipinski definition) is 0. The zero-order valence-electron chi connectivity index (χ0n) is 8.03. The van der Waals surface area contributed by atoms with Crippen LogP contribution in [0.1, 0.15) is 5.56 Å². The van der Waals surface area contributed by atoms with Crippen LogP contribution in [0.15, 0.2) is 49.0 Å². The standard InChI is InChI=1S/C13H9ClO/c1-9(13(14)15)11-7-6-10-4-2-3-5-12(10)8-11/h2-8H,1H2. The minimum absolute atomic E-state index is 0.336. The number of allylic oxidation sites excluding steroid dienone is 1. The molecular formula is C13H9ClO. The van der Waals surface area contributed by atoms with Crippen LogP contribution < -0.4 is 0 Å². The second kappa shape index (κ2) is 3.87. The summed E-state index contributed by atoms with van der Waals surface area (Å²) in [5.74, 6) is 0. The zero-order chi connectivity index (χ0) is 10.8. The molecule has 0 atom stereocenters. The van der Waals surface area contributed by atoms with E-state index in [2.05, 4.69) is 6.58 Å². The van der Waals surface area contributed by atoms with Crippen molar-refractivity contribution in [3.8, 4) is 0 Å². The van der Waals surface area contributed by atoms with Crippen molar-refractivity contribution in [1.29, 1.82) is 0 Å². The SMILES string of the molecule is C=C(C(=O)Cl)c1ccc2ccccc2c1. The Morgan fingerprint density at radius 2 is 1.73 bits per heavy atom. The fraction of sp³-hybridized carbons (Fsp3) is 0. The number of fused-ring (bicyclic) bond motifs is 1. The molecule has 0 bridgehead atoms. The van der Waals surface area contributed by atoms with E-state index in [4.69, 9.17) is 11.6 Å². The van der Waals surface area contributed by atoms with Gasteiger partial charge in [0.15, 0.2) is 0 Å². The average Bonchev–Trinajstić information content (AvgIpc) is 2.27. The van der Waals surface area contributed by atoms with Gasteiger partial charge in [-0.05, 0) is 34.0 Å².